The van der Waals surface area contributed by atoms with Gasteiger partial charge >= 0.3 is 0 Å². The molecule has 4 heteroatoms. The summed E-state index contributed by atoms with van der Waals surface area (Å²) in [4.78, 5) is 15.1. The summed E-state index contributed by atoms with van der Waals surface area (Å²) < 4.78 is 0. The zero-order valence-corrected chi connectivity index (χ0v) is 15.8. The van der Waals surface area contributed by atoms with Gasteiger partial charge < -0.3 is 4.98 Å². The van der Waals surface area contributed by atoms with Crippen molar-refractivity contribution in [1.29, 1.82) is 0 Å². The standard InChI is InChI=1S/C25H18N2O2/c1-16-14-15-22-20-11-5-3-9-18(20)17-8-2-4-10-19(17)21-12-6-7-13-23(21)26-24(22)25(16)27(28)29/h2-15,26H,1H3. The van der Waals surface area contributed by atoms with E-state index >= 15 is 0 Å². The molecule has 4 aromatic carbocycles. The van der Waals surface area contributed by atoms with Crippen molar-refractivity contribution in [3.63, 3.8) is 0 Å². The van der Waals surface area contributed by atoms with E-state index in [4.69, 9.17) is 0 Å². The van der Waals surface area contributed by atoms with Gasteiger partial charge in [0.15, 0.2) is 0 Å². The Hall–Kier alpha value is -3.92. The van der Waals surface area contributed by atoms with Crippen molar-refractivity contribution in [2.45, 2.75) is 6.92 Å². The second-order valence-corrected chi connectivity index (χ2v) is 7.17. The Balaban J connectivity index is 2.27. The molecule has 1 aromatic heterocycles. The van der Waals surface area contributed by atoms with Gasteiger partial charge in [0.1, 0.15) is 5.52 Å². The number of hydrogen-bond acceptors (Lipinski definition) is 2. The van der Waals surface area contributed by atoms with Gasteiger partial charge in [-0.15, -0.1) is 0 Å². The summed E-state index contributed by atoms with van der Waals surface area (Å²) >= 11 is 0. The number of nitro benzene ring substituents is 1. The summed E-state index contributed by atoms with van der Waals surface area (Å²) in [6.07, 6.45) is 0. The van der Waals surface area contributed by atoms with Crippen molar-refractivity contribution in [1.82, 2.24) is 4.98 Å². The average molecular weight is 378 g/mol. The van der Waals surface area contributed by atoms with Gasteiger partial charge in [0.25, 0.3) is 5.69 Å². The van der Waals surface area contributed by atoms with Crippen LogP contribution in [-0.4, -0.2) is 9.91 Å². The van der Waals surface area contributed by atoms with E-state index in [0.717, 1.165) is 37.8 Å². The van der Waals surface area contributed by atoms with Gasteiger partial charge in [-0.05, 0) is 34.5 Å². The van der Waals surface area contributed by atoms with E-state index in [2.05, 4.69) is 29.2 Å². The molecule has 0 aliphatic rings. The SMILES string of the molecule is Cc1ccc2c([nH]c3ccccc3c3ccccc3c3ccccc23)c1[N+](=O)[O-]. The molecule has 0 amide bonds. The van der Waals surface area contributed by atoms with E-state index in [-0.39, 0.29) is 10.6 Å². The molecule has 0 saturated heterocycles. The van der Waals surface area contributed by atoms with Crippen LogP contribution in [0.25, 0.3) is 43.4 Å². The summed E-state index contributed by atoms with van der Waals surface area (Å²) in [5.41, 5.74) is 2.12. The Kier molecular flexibility index (Phi) is 3.91. The lowest BCUT2D eigenvalue weighted by atomic mass is 10.0. The van der Waals surface area contributed by atoms with Gasteiger partial charge in [-0.1, -0.05) is 78.9 Å². The van der Waals surface area contributed by atoms with Crippen LogP contribution in [0, 0.1) is 17.0 Å². The number of benzene rings is 4. The normalized spacial score (nSPS) is 11.2. The lowest BCUT2D eigenvalue weighted by molar-refractivity contribution is -0.383. The van der Waals surface area contributed by atoms with Crippen LogP contribution in [0.2, 0.25) is 0 Å². The van der Waals surface area contributed by atoms with Crippen LogP contribution >= 0.6 is 0 Å². The van der Waals surface area contributed by atoms with Crippen LogP contribution < -0.4 is 0 Å². The number of H-pyrrole nitrogens is 1. The van der Waals surface area contributed by atoms with Gasteiger partial charge in [-0.3, -0.25) is 10.1 Å². The summed E-state index contributed by atoms with van der Waals surface area (Å²) in [6, 6.07) is 28.1. The van der Waals surface area contributed by atoms with Crippen molar-refractivity contribution in [2.75, 3.05) is 0 Å². The van der Waals surface area contributed by atoms with Crippen LogP contribution in [-0.2, 0) is 0 Å². The van der Waals surface area contributed by atoms with Crippen molar-refractivity contribution in [3.05, 3.63) is 101 Å². The molecular formula is C25H18N2O2. The Morgan fingerprint density at radius 1 is 0.655 bits per heavy atom. The molecule has 140 valence electrons. The van der Waals surface area contributed by atoms with Gasteiger partial charge in [-0.25, -0.2) is 0 Å². The van der Waals surface area contributed by atoms with E-state index < -0.39 is 0 Å². The molecular weight excluding hydrogens is 360 g/mol. The van der Waals surface area contributed by atoms with Crippen LogP contribution in [0.15, 0.2) is 84.9 Å². The maximum atomic E-state index is 12.0. The van der Waals surface area contributed by atoms with E-state index in [0.29, 0.717) is 11.1 Å². The summed E-state index contributed by atoms with van der Waals surface area (Å²) in [5, 5.41) is 18.0. The number of hydrogen-bond donors (Lipinski definition) is 1. The highest BCUT2D eigenvalue weighted by molar-refractivity contribution is 6.19. The number of aryl methyl sites for hydroxylation is 1. The largest absolute Gasteiger partial charge is 0.349 e. The van der Waals surface area contributed by atoms with Crippen LogP contribution in [0.4, 0.5) is 5.69 Å². The molecule has 0 spiro atoms. The first kappa shape index (κ1) is 17.2. The molecule has 0 aliphatic carbocycles. The number of para-hydroxylation sites is 1. The number of nitro groups is 1. The van der Waals surface area contributed by atoms with E-state index in [1.54, 1.807) is 6.92 Å². The molecule has 0 saturated carbocycles. The molecule has 0 atom stereocenters. The van der Waals surface area contributed by atoms with Crippen molar-refractivity contribution in [3.8, 4) is 0 Å². The topological polar surface area (TPSA) is 58.9 Å². The Morgan fingerprint density at radius 3 is 1.72 bits per heavy atom. The number of nitrogens with one attached hydrogen (secondary N) is 1. The van der Waals surface area contributed by atoms with Crippen LogP contribution in [0.5, 0.6) is 0 Å². The third-order valence-corrected chi connectivity index (χ3v) is 5.47. The van der Waals surface area contributed by atoms with Crippen LogP contribution in [0.1, 0.15) is 5.56 Å². The third-order valence-electron chi connectivity index (χ3n) is 5.47. The lowest BCUT2D eigenvalue weighted by Crippen LogP contribution is -1.94. The van der Waals surface area contributed by atoms with Gasteiger partial charge in [-0.2, -0.15) is 0 Å². The first-order valence-electron chi connectivity index (χ1n) is 9.48. The van der Waals surface area contributed by atoms with Gasteiger partial charge in [0.2, 0.25) is 0 Å². The zero-order chi connectivity index (χ0) is 20.0. The molecule has 29 heavy (non-hydrogen) atoms. The smallest absolute Gasteiger partial charge is 0.296 e. The zero-order valence-electron chi connectivity index (χ0n) is 15.8. The molecule has 0 radical (unpaired) electrons. The van der Waals surface area contributed by atoms with Crippen molar-refractivity contribution < 1.29 is 4.92 Å². The van der Waals surface area contributed by atoms with Crippen molar-refractivity contribution in [2.24, 2.45) is 0 Å². The fourth-order valence-electron chi connectivity index (χ4n) is 4.15. The maximum absolute atomic E-state index is 12.0. The molecule has 4 nitrogen and oxygen atoms in total. The fourth-order valence-corrected chi connectivity index (χ4v) is 4.15. The highest BCUT2D eigenvalue weighted by atomic mass is 16.6. The number of rotatable bonds is 1. The highest BCUT2D eigenvalue weighted by Gasteiger charge is 2.17. The van der Waals surface area contributed by atoms with E-state index in [1.165, 1.54) is 0 Å². The Morgan fingerprint density at radius 2 is 1.14 bits per heavy atom. The summed E-state index contributed by atoms with van der Waals surface area (Å²) in [6.45, 7) is 1.78. The molecule has 1 N–H and O–H groups in total. The third kappa shape index (κ3) is 2.69. The highest BCUT2D eigenvalue weighted by Crippen LogP contribution is 2.34. The quantitative estimate of drug-likeness (QED) is 0.253. The number of aromatic nitrogens is 1. The van der Waals surface area contributed by atoms with Crippen molar-refractivity contribution >= 4 is 49.0 Å². The average Bonchev–Trinajstić information content (AvgIpc) is 2.78. The summed E-state index contributed by atoms with van der Waals surface area (Å²) in [7, 11) is 0. The summed E-state index contributed by atoms with van der Waals surface area (Å²) in [5.74, 6) is 0. The second-order valence-electron chi connectivity index (χ2n) is 7.17. The lowest BCUT2D eigenvalue weighted by Gasteiger charge is -2.04. The molecule has 1 heterocycles. The van der Waals surface area contributed by atoms with E-state index in [9.17, 15) is 10.1 Å². The second kappa shape index (κ2) is 6.60. The minimum atomic E-state index is -0.294. The molecule has 0 unspecified atom stereocenters. The molecule has 0 fully saturated rings. The molecule has 5 aromatic rings. The predicted octanol–water partition coefficient (Wildman–Crippen LogP) is 6.97. The monoisotopic (exact) mass is 378 g/mol. The number of fused-ring (bicyclic) bond motifs is 7. The van der Waals surface area contributed by atoms with Gasteiger partial charge in [0, 0.05) is 21.9 Å². The first-order chi connectivity index (χ1) is 14.1. The molecule has 0 aliphatic heterocycles. The van der Waals surface area contributed by atoms with Gasteiger partial charge in [0.05, 0.1) is 4.92 Å². The molecule has 0 bridgehead atoms. The first-order valence-corrected chi connectivity index (χ1v) is 9.48. The predicted molar refractivity (Wildman–Crippen MR) is 120 cm³/mol. The number of nitrogens with zero attached hydrogens (tertiary/aromatic N) is 1. The maximum Gasteiger partial charge on any atom is 0.296 e. The Bertz CT molecular complexity index is 1500. The fraction of sp³-hybridized carbons (Fsp3) is 0.0400. The molecule has 5 rings (SSSR count). The minimum Gasteiger partial charge on any atom is -0.349 e. The van der Waals surface area contributed by atoms with Crippen LogP contribution in [0.3, 0.4) is 0 Å². The minimum absolute atomic E-state index is 0.109. The Labute approximate surface area is 166 Å². The number of aromatic amines is 1. The van der Waals surface area contributed by atoms with E-state index in [1.807, 2.05) is 60.7 Å².